The van der Waals surface area contributed by atoms with Crippen molar-refractivity contribution in [2.24, 2.45) is 0 Å². The van der Waals surface area contributed by atoms with E-state index in [9.17, 15) is 9.59 Å². The fraction of sp³-hybridized carbons (Fsp3) is 0.300. The number of thioether (sulfide) groups is 1. The van der Waals surface area contributed by atoms with Crippen molar-refractivity contribution in [1.29, 1.82) is 0 Å². The lowest BCUT2D eigenvalue weighted by atomic mass is 10.1. The van der Waals surface area contributed by atoms with Gasteiger partial charge in [0.25, 0.3) is 5.91 Å². The van der Waals surface area contributed by atoms with Gasteiger partial charge in [0, 0.05) is 36.6 Å². The van der Waals surface area contributed by atoms with Gasteiger partial charge in [0.2, 0.25) is 5.91 Å². The van der Waals surface area contributed by atoms with Crippen LogP contribution in [-0.2, 0) is 10.5 Å². The number of halogens is 1. The molecule has 2 aromatic carbocycles. The second-order valence-electron chi connectivity index (χ2n) is 6.11. The molecule has 0 atom stereocenters. The average Bonchev–Trinajstić information content (AvgIpc) is 3.08. The number of carbonyl (C=O) groups excluding carboxylic acids is 2. The van der Waals surface area contributed by atoms with Crippen molar-refractivity contribution in [2.45, 2.75) is 18.6 Å². The highest BCUT2D eigenvalue weighted by molar-refractivity contribution is 7.98. The normalized spacial score (nSPS) is 13.9. The summed E-state index contributed by atoms with van der Waals surface area (Å²) in [7, 11) is 0. The van der Waals surface area contributed by atoms with Gasteiger partial charge in [0.05, 0.1) is 10.7 Å². The van der Waals surface area contributed by atoms with Gasteiger partial charge < -0.3 is 10.2 Å². The van der Waals surface area contributed by atoms with Crippen molar-refractivity contribution in [2.75, 3.05) is 23.7 Å². The highest BCUT2D eigenvalue weighted by atomic mass is 35.5. The number of benzene rings is 2. The number of amides is 2. The average molecular weight is 389 g/mol. The van der Waals surface area contributed by atoms with E-state index < -0.39 is 0 Å². The molecule has 1 heterocycles. The van der Waals surface area contributed by atoms with E-state index in [-0.39, 0.29) is 11.8 Å². The van der Waals surface area contributed by atoms with E-state index in [0.717, 1.165) is 17.9 Å². The molecule has 3 rings (SSSR count). The number of hydrogen-bond acceptors (Lipinski definition) is 3. The van der Waals surface area contributed by atoms with E-state index in [1.807, 2.05) is 18.2 Å². The van der Waals surface area contributed by atoms with Crippen LogP contribution in [0.4, 0.5) is 5.69 Å². The largest absolute Gasteiger partial charge is 0.351 e. The summed E-state index contributed by atoms with van der Waals surface area (Å²) in [5.41, 5.74) is 2.43. The monoisotopic (exact) mass is 388 g/mol. The van der Waals surface area contributed by atoms with E-state index in [1.54, 1.807) is 34.9 Å². The Labute approximate surface area is 162 Å². The molecule has 1 N–H and O–H groups in total. The highest BCUT2D eigenvalue weighted by Gasteiger charge is 2.24. The Bertz CT molecular complexity index is 783. The van der Waals surface area contributed by atoms with E-state index >= 15 is 0 Å². The lowest BCUT2D eigenvalue weighted by molar-refractivity contribution is -0.117. The first-order valence-corrected chi connectivity index (χ1v) is 10.2. The van der Waals surface area contributed by atoms with Crippen molar-refractivity contribution in [3.8, 4) is 0 Å². The first-order valence-electron chi connectivity index (χ1n) is 8.65. The molecule has 136 valence electrons. The summed E-state index contributed by atoms with van der Waals surface area (Å²) in [5.74, 6) is 1.68. The number of carbonyl (C=O) groups is 2. The molecule has 0 unspecified atom stereocenters. The Morgan fingerprint density at radius 1 is 1.19 bits per heavy atom. The Morgan fingerprint density at radius 3 is 2.73 bits per heavy atom. The van der Waals surface area contributed by atoms with Gasteiger partial charge in [0.15, 0.2) is 0 Å². The Balaban J connectivity index is 1.51. The summed E-state index contributed by atoms with van der Waals surface area (Å²) in [6.07, 6.45) is 1.36. The van der Waals surface area contributed by atoms with Crippen LogP contribution in [-0.4, -0.2) is 30.7 Å². The van der Waals surface area contributed by atoms with Crippen molar-refractivity contribution in [3.05, 3.63) is 64.7 Å². The topological polar surface area (TPSA) is 49.4 Å². The minimum Gasteiger partial charge on any atom is -0.351 e. The quantitative estimate of drug-likeness (QED) is 0.725. The van der Waals surface area contributed by atoms with E-state index in [2.05, 4.69) is 17.4 Å². The third kappa shape index (κ3) is 4.80. The number of nitrogens with zero attached hydrogens (tertiary/aromatic N) is 1. The molecule has 0 aliphatic carbocycles. The maximum atomic E-state index is 12.4. The van der Waals surface area contributed by atoms with Crippen LogP contribution in [0, 0.1) is 0 Å². The highest BCUT2D eigenvalue weighted by Crippen LogP contribution is 2.30. The van der Waals surface area contributed by atoms with Crippen LogP contribution in [0.2, 0.25) is 5.02 Å². The van der Waals surface area contributed by atoms with Crippen LogP contribution >= 0.6 is 23.4 Å². The van der Waals surface area contributed by atoms with E-state index in [4.69, 9.17) is 11.6 Å². The molecule has 1 fully saturated rings. The zero-order valence-corrected chi connectivity index (χ0v) is 16.0. The third-order valence-electron chi connectivity index (χ3n) is 4.22. The second-order valence-corrected chi connectivity index (χ2v) is 7.62. The molecular weight excluding hydrogens is 368 g/mol. The number of anilines is 1. The second kappa shape index (κ2) is 9.10. The summed E-state index contributed by atoms with van der Waals surface area (Å²) in [4.78, 5) is 26.0. The zero-order valence-electron chi connectivity index (χ0n) is 14.4. The van der Waals surface area contributed by atoms with Gasteiger partial charge >= 0.3 is 0 Å². The molecule has 6 heteroatoms. The maximum Gasteiger partial charge on any atom is 0.251 e. The fourth-order valence-corrected chi connectivity index (χ4v) is 3.91. The number of hydrogen-bond donors (Lipinski definition) is 1. The summed E-state index contributed by atoms with van der Waals surface area (Å²) in [6, 6.07) is 15.3. The van der Waals surface area contributed by atoms with Crippen molar-refractivity contribution in [3.63, 3.8) is 0 Å². The van der Waals surface area contributed by atoms with Gasteiger partial charge in [-0.15, -0.1) is 0 Å². The summed E-state index contributed by atoms with van der Waals surface area (Å²) in [6.45, 7) is 1.25. The van der Waals surface area contributed by atoms with Crippen LogP contribution in [0.25, 0.3) is 0 Å². The summed E-state index contributed by atoms with van der Waals surface area (Å²) >= 11 is 8.00. The molecule has 0 aromatic heterocycles. The molecule has 2 amide bonds. The molecule has 1 aliphatic rings. The molecule has 0 bridgehead atoms. The molecule has 1 saturated heterocycles. The smallest absolute Gasteiger partial charge is 0.251 e. The predicted octanol–water partition coefficient (Wildman–Crippen LogP) is 4.13. The minimum absolute atomic E-state index is 0.0572. The van der Waals surface area contributed by atoms with Gasteiger partial charge in [0.1, 0.15) is 0 Å². The molecule has 26 heavy (non-hydrogen) atoms. The number of nitrogens with one attached hydrogen (secondary N) is 1. The summed E-state index contributed by atoms with van der Waals surface area (Å²) < 4.78 is 0. The minimum atomic E-state index is -0.144. The molecule has 2 aromatic rings. The van der Waals surface area contributed by atoms with Crippen LogP contribution in [0.1, 0.15) is 28.8 Å². The number of rotatable bonds is 7. The standard InChI is InChI=1S/C20H21ClN2O2S/c21-17-9-8-16(13-18(17)23-11-4-7-19(23)24)20(25)22-10-12-26-14-15-5-2-1-3-6-15/h1-3,5-6,8-9,13H,4,7,10-12,14H2,(H,22,25). The lowest BCUT2D eigenvalue weighted by Gasteiger charge is -2.18. The van der Waals surface area contributed by atoms with Crippen molar-refractivity contribution < 1.29 is 9.59 Å². The van der Waals surface area contributed by atoms with Gasteiger partial charge in [-0.3, -0.25) is 9.59 Å². The fourth-order valence-electron chi connectivity index (χ4n) is 2.87. The lowest BCUT2D eigenvalue weighted by Crippen LogP contribution is -2.27. The molecule has 0 spiro atoms. The zero-order chi connectivity index (χ0) is 18.4. The molecule has 1 aliphatic heterocycles. The van der Waals surface area contributed by atoms with Crippen LogP contribution in [0.15, 0.2) is 48.5 Å². The van der Waals surface area contributed by atoms with Crippen LogP contribution in [0.3, 0.4) is 0 Å². The molecular formula is C20H21ClN2O2S. The van der Waals surface area contributed by atoms with Gasteiger partial charge in [-0.2, -0.15) is 11.8 Å². The van der Waals surface area contributed by atoms with Gasteiger partial charge in [-0.05, 0) is 30.2 Å². The van der Waals surface area contributed by atoms with Crippen molar-refractivity contribution >= 4 is 40.9 Å². The first-order chi connectivity index (χ1) is 12.6. The van der Waals surface area contributed by atoms with Crippen LogP contribution < -0.4 is 10.2 Å². The van der Waals surface area contributed by atoms with E-state index in [0.29, 0.717) is 35.8 Å². The Hall–Kier alpha value is -1.98. The third-order valence-corrected chi connectivity index (χ3v) is 5.57. The van der Waals surface area contributed by atoms with Gasteiger partial charge in [-0.1, -0.05) is 41.9 Å². The molecule has 4 nitrogen and oxygen atoms in total. The van der Waals surface area contributed by atoms with Crippen molar-refractivity contribution in [1.82, 2.24) is 5.32 Å². The molecule has 0 saturated carbocycles. The first kappa shape index (κ1) is 18.8. The predicted molar refractivity (Wildman–Crippen MR) is 108 cm³/mol. The SMILES string of the molecule is O=C(NCCSCc1ccccc1)c1ccc(Cl)c(N2CCCC2=O)c1. The maximum absolute atomic E-state index is 12.4. The molecule has 0 radical (unpaired) electrons. The van der Waals surface area contributed by atoms with Gasteiger partial charge in [-0.25, -0.2) is 0 Å². The summed E-state index contributed by atoms with van der Waals surface area (Å²) in [5, 5.41) is 3.42. The Morgan fingerprint density at radius 2 is 2.00 bits per heavy atom. The van der Waals surface area contributed by atoms with Crippen LogP contribution in [0.5, 0.6) is 0 Å². The Kier molecular flexibility index (Phi) is 6.58. The van der Waals surface area contributed by atoms with E-state index in [1.165, 1.54) is 5.56 Å².